The predicted octanol–water partition coefficient (Wildman–Crippen LogP) is 2.19. The predicted molar refractivity (Wildman–Crippen MR) is 57.0 cm³/mol. The van der Waals surface area contributed by atoms with Crippen LogP contribution in [0.5, 0.6) is 0 Å². The van der Waals surface area contributed by atoms with Crippen LogP contribution in [0.4, 0.5) is 13.2 Å². The molecule has 1 aromatic carbocycles. The van der Waals surface area contributed by atoms with E-state index in [4.69, 9.17) is 13.3 Å². The van der Waals surface area contributed by atoms with E-state index >= 15 is 0 Å². The topological polar surface area (TPSA) is 27.7 Å². The standard InChI is InChI=1S/C10H13F3O3Si/c1-6(16-17(14-2)15-3)7-4-9(12)10(13)5-8(7)11/h4-6,17H,1-3H3. The fourth-order valence-electron chi connectivity index (χ4n) is 1.30. The van der Waals surface area contributed by atoms with Crippen molar-refractivity contribution in [2.75, 3.05) is 14.2 Å². The highest BCUT2D eigenvalue weighted by atomic mass is 28.3. The Balaban J connectivity index is 2.88. The normalized spacial score (nSPS) is 13.1. The highest BCUT2D eigenvalue weighted by molar-refractivity contribution is 6.36. The highest BCUT2D eigenvalue weighted by Gasteiger charge is 2.21. The molecule has 1 unspecified atom stereocenters. The lowest BCUT2D eigenvalue weighted by molar-refractivity contribution is 0.0931. The van der Waals surface area contributed by atoms with Gasteiger partial charge in [-0.3, -0.25) is 0 Å². The number of hydrogen-bond donors (Lipinski definition) is 0. The van der Waals surface area contributed by atoms with Crippen LogP contribution in [-0.2, 0) is 13.3 Å². The van der Waals surface area contributed by atoms with Crippen LogP contribution in [0.1, 0.15) is 18.6 Å². The molecule has 0 N–H and O–H groups in total. The Labute approximate surface area is 99.1 Å². The van der Waals surface area contributed by atoms with Crippen LogP contribution in [0.25, 0.3) is 0 Å². The molecule has 0 heterocycles. The molecule has 0 saturated carbocycles. The average molecular weight is 266 g/mol. The number of hydrogen-bond acceptors (Lipinski definition) is 3. The molecule has 0 aliphatic heterocycles. The molecular formula is C10H13F3O3Si. The second-order valence-corrected chi connectivity index (χ2v) is 5.12. The van der Waals surface area contributed by atoms with Gasteiger partial charge in [0.25, 0.3) is 0 Å². The van der Waals surface area contributed by atoms with Crippen LogP contribution in [0.15, 0.2) is 12.1 Å². The van der Waals surface area contributed by atoms with E-state index < -0.39 is 33.1 Å². The Morgan fingerprint density at radius 2 is 1.53 bits per heavy atom. The second-order valence-electron chi connectivity index (χ2n) is 3.33. The second kappa shape index (κ2) is 6.15. The van der Waals surface area contributed by atoms with Crippen LogP contribution >= 0.6 is 0 Å². The van der Waals surface area contributed by atoms with E-state index in [0.717, 1.165) is 6.07 Å². The van der Waals surface area contributed by atoms with Gasteiger partial charge in [0, 0.05) is 25.8 Å². The summed E-state index contributed by atoms with van der Waals surface area (Å²) in [7, 11) is 0.444. The molecule has 0 radical (unpaired) electrons. The number of halogens is 3. The maximum absolute atomic E-state index is 13.4. The summed E-state index contributed by atoms with van der Waals surface area (Å²) in [6.45, 7) is 1.51. The largest absolute Gasteiger partial charge is 0.484 e. The van der Waals surface area contributed by atoms with Crippen molar-refractivity contribution >= 4 is 9.53 Å². The van der Waals surface area contributed by atoms with Gasteiger partial charge in [0.2, 0.25) is 0 Å². The van der Waals surface area contributed by atoms with Crippen molar-refractivity contribution in [3.05, 3.63) is 35.1 Å². The van der Waals surface area contributed by atoms with E-state index in [1.54, 1.807) is 0 Å². The first-order chi connectivity index (χ1) is 7.99. The molecular weight excluding hydrogens is 253 g/mol. The average Bonchev–Trinajstić information content (AvgIpc) is 2.30. The molecule has 3 nitrogen and oxygen atoms in total. The maximum Gasteiger partial charge on any atom is 0.484 e. The third-order valence-corrected chi connectivity index (χ3v) is 3.58. The molecule has 96 valence electrons. The van der Waals surface area contributed by atoms with E-state index in [1.807, 2.05) is 0 Å². The minimum atomic E-state index is -2.35. The van der Waals surface area contributed by atoms with Crippen LogP contribution in [-0.4, -0.2) is 23.7 Å². The Kier molecular flexibility index (Phi) is 5.13. The van der Waals surface area contributed by atoms with Gasteiger partial charge in [0.1, 0.15) is 5.82 Å². The van der Waals surface area contributed by atoms with E-state index in [2.05, 4.69) is 0 Å². The lowest BCUT2D eigenvalue weighted by atomic mass is 10.1. The van der Waals surface area contributed by atoms with Gasteiger partial charge in [0.05, 0.1) is 6.10 Å². The monoisotopic (exact) mass is 266 g/mol. The van der Waals surface area contributed by atoms with Gasteiger partial charge in [-0.2, -0.15) is 0 Å². The van der Waals surface area contributed by atoms with Crippen molar-refractivity contribution in [3.8, 4) is 0 Å². The third-order valence-electron chi connectivity index (χ3n) is 2.18. The summed E-state index contributed by atoms with van der Waals surface area (Å²) in [6, 6.07) is 1.26. The molecule has 7 heteroatoms. The molecule has 0 fully saturated rings. The summed E-state index contributed by atoms with van der Waals surface area (Å²) < 4.78 is 54.1. The molecule has 0 aliphatic rings. The zero-order valence-corrected chi connectivity index (χ0v) is 10.8. The molecule has 1 atom stereocenters. The Morgan fingerprint density at radius 3 is 2.06 bits per heavy atom. The van der Waals surface area contributed by atoms with Crippen molar-refractivity contribution in [1.82, 2.24) is 0 Å². The molecule has 0 amide bonds. The van der Waals surface area contributed by atoms with Crippen molar-refractivity contribution in [2.24, 2.45) is 0 Å². The number of rotatable bonds is 5. The fraction of sp³-hybridized carbons (Fsp3) is 0.400. The first-order valence-electron chi connectivity index (χ1n) is 4.85. The van der Waals surface area contributed by atoms with Crippen molar-refractivity contribution < 1.29 is 26.4 Å². The Morgan fingerprint density at radius 1 is 1.00 bits per heavy atom. The zero-order chi connectivity index (χ0) is 13.0. The van der Waals surface area contributed by atoms with Crippen molar-refractivity contribution in [3.63, 3.8) is 0 Å². The quantitative estimate of drug-likeness (QED) is 0.604. The summed E-state index contributed by atoms with van der Waals surface area (Å²) in [5.41, 5.74) is -0.0736. The van der Waals surface area contributed by atoms with E-state index in [9.17, 15) is 13.2 Å². The van der Waals surface area contributed by atoms with Crippen molar-refractivity contribution in [1.29, 1.82) is 0 Å². The minimum absolute atomic E-state index is 0.0736. The Hall–Kier alpha value is -0.893. The van der Waals surface area contributed by atoms with Gasteiger partial charge in [-0.25, -0.2) is 13.2 Å². The smallest absolute Gasteiger partial charge is 0.379 e. The molecule has 0 saturated heterocycles. The van der Waals surface area contributed by atoms with Crippen LogP contribution < -0.4 is 0 Å². The van der Waals surface area contributed by atoms with Gasteiger partial charge in [-0.15, -0.1) is 0 Å². The van der Waals surface area contributed by atoms with Gasteiger partial charge in [-0.05, 0) is 13.0 Å². The summed E-state index contributed by atoms with van der Waals surface area (Å²) in [6.07, 6.45) is -0.776. The van der Waals surface area contributed by atoms with Crippen LogP contribution in [0.2, 0.25) is 0 Å². The third kappa shape index (κ3) is 3.53. The van der Waals surface area contributed by atoms with Gasteiger partial charge in [0.15, 0.2) is 11.6 Å². The maximum atomic E-state index is 13.4. The van der Waals surface area contributed by atoms with Crippen LogP contribution in [0, 0.1) is 17.5 Å². The van der Waals surface area contributed by atoms with Gasteiger partial charge >= 0.3 is 9.53 Å². The fourth-order valence-corrected chi connectivity index (χ4v) is 2.19. The highest BCUT2D eigenvalue weighted by Crippen LogP contribution is 2.23. The molecule has 17 heavy (non-hydrogen) atoms. The summed E-state index contributed by atoms with van der Waals surface area (Å²) in [5, 5.41) is 0. The summed E-state index contributed by atoms with van der Waals surface area (Å²) in [4.78, 5) is 0. The molecule has 0 bridgehead atoms. The first kappa shape index (κ1) is 14.2. The van der Waals surface area contributed by atoms with Crippen molar-refractivity contribution in [2.45, 2.75) is 13.0 Å². The first-order valence-corrected chi connectivity index (χ1v) is 6.26. The summed E-state index contributed by atoms with van der Waals surface area (Å²) >= 11 is 0. The molecule has 1 rings (SSSR count). The number of benzene rings is 1. The molecule has 1 aromatic rings. The zero-order valence-electron chi connectivity index (χ0n) is 9.67. The van der Waals surface area contributed by atoms with Crippen LogP contribution in [0.3, 0.4) is 0 Å². The summed E-state index contributed by atoms with van der Waals surface area (Å²) in [5.74, 6) is -3.22. The SMILES string of the molecule is CO[SiH](OC)OC(C)c1cc(F)c(F)cc1F. The van der Waals surface area contributed by atoms with E-state index in [1.165, 1.54) is 21.1 Å². The molecule has 0 aromatic heterocycles. The van der Waals surface area contributed by atoms with Gasteiger partial charge < -0.3 is 13.3 Å². The van der Waals surface area contributed by atoms with E-state index in [0.29, 0.717) is 6.07 Å². The molecule has 0 aliphatic carbocycles. The minimum Gasteiger partial charge on any atom is -0.379 e. The molecule has 0 spiro atoms. The van der Waals surface area contributed by atoms with E-state index in [-0.39, 0.29) is 5.56 Å². The lowest BCUT2D eigenvalue weighted by Gasteiger charge is -2.18. The lowest BCUT2D eigenvalue weighted by Crippen LogP contribution is -2.25. The Bertz CT molecular complexity index is 385. The van der Waals surface area contributed by atoms with Gasteiger partial charge in [-0.1, -0.05) is 0 Å².